The minimum atomic E-state index is -0.509. The van der Waals surface area contributed by atoms with E-state index in [9.17, 15) is 8.78 Å². The molecule has 0 fully saturated rings. The van der Waals surface area contributed by atoms with Crippen molar-refractivity contribution in [2.75, 3.05) is 5.33 Å². The summed E-state index contributed by atoms with van der Waals surface area (Å²) in [6, 6.07) is 3.66. The lowest BCUT2D eigenvalue weighted by molar-refractivity contribution is 0.422. The molecule has 0 aliphatic carbocycles. The highest BCUT2D eigenvalue weighted by molar-refractivity contribution is 9.09. The summed E-state index contributed by atoms with van der Waals surface area (Å²) in [5, 5.41) is 0.804. The van der Waals surface area contributed by atoms with Gasteiger partial charge in [0.2, 0.25) is 0 Å². The molecule has 0 unspecified atom stereocenters. The van der Waals surface area contributed by atoms with Crippen molar-refractivity contribution in [3.8, 4) is 0 Å². The first-order chi connectivity index (χ1) is 6.43. The third-order valence-corrected chi connectivity index (χ3v) is 3.48. The summed E-state index contributed by atoms with van der Waals surface area (Å²) in [7, 11) is 0. The Morgan fingerprint density at radius 1 is 1.14 bits per heavy atom. The van der Waals surface area contributed by atoms with Gasteiger partial charge >= 0.3 is 0 Å². The van der Waals surface area contributed by atoms with Gasteiger partial charge in [-0.25, -0.2) is 8.78 Å². The fraction of sp³-hybridized carbons (Fsp3) is 0.455. The molecule has 1 rings (SSSR count). The first kappa shape index (κ1) is 11.6. The molecule has 0 aliphatic heterocycles. The zero-order valence-electron chi connectivity index (χ0n) is 8.28. The summed E-state index contributed by atoms with van der Waals surface area (Å²) in [4.78, 5) is 0. The van der Waals surface area contributed by atoms with E-state index >= 15 is 0 Å². The molecule has 0 atom stereocenters. The van der Waals surface area contributed by atoms with Gasteiger partial charge < -0.3 is 0 Å². The van der Waals surface area contributed by atoms with E-state index in [1.54, 1.807) is 0 Å². The molecule has 0 heterocycles. The Morgan fingerprint density at radius 2 is 1.64 bits per heavy atom. The lowest BCUT2D eigenvalue weighted by Gasteiger charge is -2.21. The molecule has 0 saturated heterocycles. The average molecular weight is 263 g/mol. The fourth-order valence-electron chi connectivity index (χ4n) is 1.31. The Morgan fingerprint density at radius 3 is 2.07 bits per heavy atom. The molecule has 14 heavy (non-hydrogen) atoms. The first-order valence-electron chi connectivity index (χ1n) is 4.44. The van der Waals surface area contributed by atoms with Gasteiger partial charge in [0.05, 0.1) is 0 Å². The number of halogens is 3. The Hall–Kier alpha value is -0.440. The standard InChI is InChI=1S/C11H13BrF2/c1-11(2,7-12)6-8-3-9(13)5-10(14)4-8/h3-5H,6-7H2,1-2H3. The molecule has 0 spiro atoms. The van der Waals surface area contributed by atoms with Crippen LogP contribution in [0, 0.1) is 17.0 Å². The van der Waals surface area contributed by atoms with E-state index in [-0.39, 0.29) is 5.41 Å². The van der Waals surface area contributed by atoms with Crippen LogP contribution in [-0.2, 0) is 6.42 Å². The van der Waals surface area contributed by atoms with Crippen LogP contribution in [0.2, 0.25) is 0 Å². The van der Waals surface area contributed by atoms with E-state index in [4.69, 9.17) is 0 Å². The molecule has 1 aromatic carbocycles. The average Bonchev–Trinajstić information content (AvgIpc) is 2.01. The molecule has 0 radical (unpaired) electrons. The lowest BCUT2D eigenvalue weighted by atomic mass is 9.88. The van der Waals surface area contributed by atoms with Crippen LogP contribution in [0.1, 0.15) is 19.4 Å². The summed E-state index contributed by atoms with van der Waals surface area (Å²) < 4.78 is 25.7. The Bertz CT molecular complexity index is 301. The number of hydrogen-bond donors (Lipinski definition) is 0. The second-order valence-corrected chi connectivity index (χ2v) is 4.81. The van der Waals surface area contributed by atoms with Crippen molar-refractivity contribution in [1.82, 2.24) is 0 Å². The van der Waals surface area contributed by atoms with Crippen LogP contribution in [0.25, 0.3) is 0 Å². The lowest BCUT2D eigenvalue weighted by Crippen LogP contribution is -2.16. The minimum Gasteiger partial charge on any atom is -0.207 e. The van der Waals surface area contributed by atoms with Gasteiger partial charge in [-0.2, -0.15) is 0 Å². The maximum Gasteiger partial charge on any atom is 0.126 e. The molecule has 0 nitrogen and oxygen atoms in total. The molecule has 0 amide bonds. The van der Waals surface area contributed by atoms with Crippen molar-refractivity contribution in [2.45, 2.75) is 20.3 Å². The van der Waals surface area contributed by atoms with Crippen molar-refractivity contribution in [3.05, 3.63) is 35.4 Å². The third kappa shape index (κ3) is 3.37. The molecular formula is C11H13BrF2. The summed E-state index contributed by atoms with van der Waals surface area (Å²) in [5.74, 6) is -1.02. The van der Waals surface area contributed by atoms with Gasteiger partial charge in [0.15, 0.2) is 0 Å². The van der Waals surface area contributed by atoms with E-state index in [0.717, 1.165) is 11.4 Å². The Labute approximate surface area is 91.5 Å². The predicted molar refractivity (Wildman–Crippen MR) is 57.6 cm³/mol. The van der Waals surface area contributed by atoms with Crippen molar-refractivity contribution >= 4 is 15.9 Å². The van der Waals surface area contributed by atoms with E-state index in [0.29, 0.717) is 12.0 Å². The van der Waals surface area contributed by atoms with Crippen LogP contribution >= 0.6 is 15.9 Å². The maximum atomic E-state index is 12.9. The van der Waals surface area contributed by atoms with Crippen molar-refractivity contribution in [3.63, 3.8) is 0 Å². The quantitative estimate of drug-likeness (QED) is 0.725. The van der Waals surface area contributed by atoms with Crippen molar-refractivity contribution < 1.29 is 8.78 Å². The summed E-state index contributed by atoms with van der Waals surface area (Å²) in [6.45, 7) is 4.09. The molecule has 0 saturated carbocycles. The van der Waals surface area contributed by atoms with E-state index < -0.39 is 11.6 Å². The molecule has 0 bridgehead atoms. The third-order valence-electron chi connectivity index (χ3n) is 1.97. The highest BCUT2D eigenvalue weighted by Gasteiger charge is 2.17. The van der Waals surface area contributed by atoms with Gasteiger partial charge in [-0.05, 0) is 29.5 Å². The molecule has 0 N–H and O–H groups in total. The molecule has 78 valence electrons. The van der Waals surface area contributed by atoms with Gasteiger partial charge in [0, 0.05) is 11.4 Å². The van der Waals surface area contributed by atoms with Crippen molar-refractivity contribution in [1.29, 1.82) is 0 Å². The van der Waals surface area contributed by atoms with Crippen LogP contribution in [0.5, 0.6) is 0 Å². The second-order valence-electron chi connectivity index (χ2n) is 4.25. The normalized spacial score (nSPS) is 11.8. The molecule has 3 heteroatoms. The number of benzene rings is 1. The van der Waals surface area contributed by atoms with Crippen LogP contribution in [-0.4, -0.2) is 5.33 Å². The molecular weight excluding hydrogens is 250 g/mol. The largest absolute Gasteiger partial charge is 0.207 e. The topological polar surface area (TPSA) is 0 Å². The van der Waals surface area contributed by atoms with Crippen LogP contribution in [0.3, 0.4) is 0 Å². The zero-order chi connectivity index (χ0) is 10.8. The Kier molecular flexibility index (Phi) is 3.65. The van der Waals surface area contributed by atoms with E-state index in [1.165, 1.54) is 12.1 Å². The van der Waals surface area contributed by atoms with Crippen LogP contribution < -0.4 is 0 Å². The monoisotopic (exact) mass is 262 g/mol. The molecule has 0 aromatic heterocycles. The molecule has 0 aliphatic rings. The summed E-state index contributed by atoms with van der Waals surface area (Å²) in [5.41, 5.74) is 0.715. The van der Waals surface area contributed by atoms with E-state index in [2.05, 4.69) is 15.9 Å². The summed E-state index contributed by atoms with van der Waals surface area (Å²) >= 11 is 3.38. The SMILES string of the molecule is CC(C)(CBr)Cc1cc(F)cc(F)c1. The number of alkyl halides is 1. The van der Waals surface area contributed by atoms with Gasteiger partial charge in [-0.15, -0.1) is 0 Å². The first-order valence-corrected chi connectivity index (χ1v) is 5.56. The number of hydrogen-bond acceptors (Lipinski definition) is 0. The van der Waals surface area contributed by atoms with Crippen LogP contribution in [0.15, 0.2) is 18.2 Å². The van der Waals surface area contributed by atoms with Gasteiger partial charge in [-0.1, -0.05) is 29.8 Å². The number of rotatable bonds is 3. The van der Waals surface area contributed by atoms with Gasteiger partial charge in [0.1, 0.15) is 11.6 Å². The van der Waals surface area contributed by atoms with Gasteiger partial charge in [-0.3, -0.25) is 0 Å². The summed E-state index contributed by atoms with van der Waals surface area (Å²) in [6.07, 6.45) is 0.660. The highest BCUT2D eigenvalue weighted by atomic mass is 79.9. The van der Waals surface area contributed by atoms with E-state index in [1.807, 2.05) is 13.8 Å². The minimum absolute atomic E-state index is 0.0141. The Balaban J connectivity index is 2.87. The second kappa shape index (κ2) is 4.39. The predicted octanol–water partition coefficient (Wildman–Crippen LogP) is 3.93. The van der Waals surface area contributed by atoms with Crippen LogP contribution in [0.4, 0.5) is 8.78 Å². The van der Waals surface area contributed by atoms with Crippen molar-refractivity contribution in [2.24, 2.45) is 5.41 Å². The maximum absolute atomic E-state index is 12.9. The van der Waals surface area contributed by atoms with Gasteiger partial charge in [0.25, 0.3) is 0 Å². The zero-order valence-corrected chi connectivity index (χ0v) is 9.87. The highest BCUT2D eigenvalue weighted by Crippen LogP contribution is 2.24. The molecule has 1 aromatic rings. The fourth-order valence-corrected chi connectivity index (χ4v) is 1.51. The smallest absolute Gasteiger partial charge is 0.126 e.